The van der Waals surface area contributed by atoms with Gasteiger partial charge in [0.1, 0.15) is 0 Å². The molecular weight excluding hydrogens is 222 g/mol. The lowest BCUT2D eigenvalue weighted by molar-refractivity contribution is -0.137. The number of ether oxygens (including phenoxy) is 1. The highest BCUT2D eigenvalue weighted by Gasteiger charge is 2.13. The number of hydrogen-bond donors (Lipinski definition) is 3. The molecule has 0 radical (unpaired) electrons. The quantitative estimate of drug-likeness (QED) is 0.725. The Morgan fingerprint density at radius 3 is 2.71 bits per heavy atom. The zero-order chi connectivity index (χ0) is 13.0. The molecule has 0 saturated heterocycles. The third-order valence-corrected chi connectivity index (χ3v) is 2.61. The fraction of sp³-hybridized carbons (Fsp3) is 0.417. The molecule has 1 aromatic rings. The van der Waals surface area contributed by atoms with E-state index in [9.17, 15) is 9.90 Å². The van der Waals surface area contributed by atoms with Crippen molar-refractivity contribution in [1.82, 2.24) is 0 Å². The summed E-state index contributed by atoms with van der Waals surface area (Å²) in [7, 11) is 1.46. The number of nitrogens with two attached hydrogens (primary N) is 1. The predicted octanol–water partition coefficient (Wildman–Crippen LogP) is 1.57. The molecule has 0 aliphatic carbocycles. The molecule has 0 bridgehead atoms. The lowest BCUT2D eigenvalue weighted by Crippen LogP contribution is -2.12. The maximum Gasteiger partial charge on any atom is 0.303 e. The Bertz CT molecular complexity index is 417. The molecular formula is C12H17NO4. The normalized spacial score (nSPS) is 12.2. The molecule has 5 heteroatoms. The van der Waals surface area contributed by atoms with Crippen molar-refractivity contribution >= 4 is 5.97 Å². The second-order valence-corrected chi connectivity index (χ2v) is 3.93. The zero-order valence-electron chi connectivity index (χ0n) is 9.93. The van der Waals surface area contributed by atoms with Gasteiger partial charge in [-0.1, -0.05) is 6.07 Å². The standard InChI is InChI=1S/C12H17NO4/c1-7-5-8(6-10(17-2)12(7)16)9(13)3-4-11(14)15/h5-6,9,16H,3-4,13H2,1-2H3,(H,14,15). The number of phenolic OH excluding ortho intramolecular Hbond substituents is 1. The van der Waals surface area contributed by atoms with Crippen molar-refractivity contribution in [3.63, 3.8) is 0 Å². The van der Waals surface area contributed by atoms with Crippen molar-refractivity contribution in [3.8, 4) is 11.5 Å². The first-order valence-electron chi connectivity index (χ1n) is 5.30. The van der Waals surface area contributed by atoms with E-state index in [4.69, 9.17) is 15.6 Å². The zero-order valence-corrected chi connectivity index (χ0v) is 9.93. The van der Waals surface area contributed by atoms with Gasteiger partial charge in [-0.05, 0) is 30.5 Å². The number of aryl methyl sites for hydroxylation is 1. The summed E-state index contributed by atoms with van der Waals surface area (Å²) in [6.07, 6.45) is 0.367. The molecule has 0 fully saturated rings. The van der Waals surface area contributed by atoms with Crippen LogP contribution in [-0.2, 0) is 4.79 Å². The molecule has 1 atom stereocenters. The van der Waals surface area contributed by atoms with Gasteiger partial charge in [0.05, 0.1) is 7.11 Å². The smallest absolute Gasteiger partial charge is 0.303 e. The third-order valence-electron chi connectivity index (χ3n) is 2.61. The molecule has 0 saturated carbocycles. The lowest BCUT2D eigenvalue weighted by atomic mass is 10.00. The van der Waals surface area contributed by atoms with Crippen LogP contribution in [0.15, 0.2) is 12.1 Å². The van der Waals surface area contributed by atoms with Crippen LogP contribution in [0.25, 0.3) is 0 Å². The van der Waals surface area contributed by atoms with Gasteiger partial charge in [0.25, 0.3) is 0 Å². The first-order chi connectivity index (χ1) is 7.95. The maximum absolute atomic E-state index is 10.5. The summed E-state index contributed by atoms with van der Waals surface area (Å²) in [5.41, 5.74) is 7.31. The van der Waals surface area contributed by atoms with E-state index in [1.165, 1.54) is 7.11 Å². The molecule has 0 spiro atoms. The molecule has 94 valence electrons. The van der Waals surface area contributed by atoms with Crippen LogP contribution in [0.3, 0.4) is 0 Å². The molecule has 1 rings (SSSR count). The highest BCUT2D eigenvalue weighted by molar-refractivity contribution is 5.66. The monoisotopic (exact) mass is 239 g/mol. The minimum Gasteiger partial charge on any atom is -0.504 e. The second-order valence-electron chi connectivity index (χ2n) is 3.93. The summed E-state index contributed by atoms with van der Waals surface area (Å²) in [5, 5.41) is 18.3. The molecule has 17 heavy (non-hydrogen) atoms. The number of benzene rings is 1. The van der Waals surface area contributed by atoms with Crippen molar-refractivity contribution < 1.29 is 19.7 Å². The summed E-state index contributed by atoms with van der Waals surface area (Å²) in [4.78, 5) is 10.5. The molecule has 0 amide bonds. The van der Waals surface area contributed by atoms with Gasteiger partial charge in [0.15, 0.2) is 11.5 Å². The molecule has 1 unspecified atom stereocenters. The van der Waals surface area contributed by atoms with Crippen LogP contribution in [0.2, 0.25) is 0 Å². The van der Waals surface area contributed by atoms with E-state index >= 15 is 0 Å². The Morgan fingerprint density at radius 2 is 2.18 bits per heavy atom. The van der Waals surface area contributed by atoms with E-state index in [0.717, 1.165) is 5.56 Å². The number of rotatable bonds is 5. The van der Waals surface area contributed by atoms with Gasteiger partial charge in [-0.15, -0.1) is 0 Å². The fourth-order valence-electron chi connectivity index (χ4n) is 1.59. The van der Waals surface area contributed by atoms with Gasteiger partial charge in [0.2, 0.25) is 0 Å². The van der Waals surface area contributed by atoms with Crippen LogP contribution in [-0.4, -0.2) is 23.3 Å². The molecule has 0 aliphatic rings. The minimum absolute atomic E-state index is 0.0173. The number of carbonyl (C=O) groups is 1. The number of methoxy groups -OCH3 is 1. The Labute approximate surface area is 99.8 Å². The van der Waals surface area contributed by atoms with E-state index in [-0.39, 0.29) is 18.2 Å². The Balaban J connectivity index is 2.90. The van der Waals surface area contributed by atoms with Crippen molar-refractivity contribution in [2.45, 2.75) is 25.8 Å². The van der Waals surface area contributed by atoms with Gasteiger partial charge in [-0.3, -0.25) is 4.79 Å². The molecule has 5 nitrogen and oxygen atoms in total. The average molecular weight is 239 g/mol. The molecule has 1 aromatic carbocycles. The van der Waals surface area contributed by atoms with E-state index in [0.29, 0.717) is 17.7 Å². The van der Waals surface area contributed by atoms with E-state index in [1.54, 1.807) is 19.1 Å². The largest absolute Gasteiger partial charge is 0.504 e. The van der Waals surface area contributed by atoms with Crippen LogP contribution in [0, 0.1) is 6.92 Å². The number of phenols is 1. The summed E-state index contributed by atoms with van der Waals surface area (Å²) < 4.78 is 5.02. The SMILES string of the molecule is COc1cc(C(N)CCC(=O)O)cc(C)c1O. The number of carboxylic acid groups (broad SMARTS) is 1. The van der Waals surface area contributed by atoms with Crippen molar-refractivity contribution in [2.75, 3.05) is 7.11 Å². The number of carboxylic acids is 1. The van der Waals surface area contributed by atoms with Crippen LogP contribution >= 0.6 is 0 Å². The van der Waals surface area contributed by atoms with Crippen molar-refractivity contribution in [2.24, 2.45) is 5.73 Å². The number of aliphatic carboxylic acids is 1. The van der Waals surface area contributed by atoms with Crippen LogP contribution in [0.4, 0.5) is 0 Å². The van der Waals surface area contributed by atoms with Gasteiger partial charge in [-0.2, -0.15) is 0 Å². The van der Waals surface area contributed by atoms with Gasteiger partial charge in [-0.25, -0.2) is 0 Å². The summed E-state index contributed by atoms with van der Waals surface area (Å²) in [6, 6.07) is 3.00. The Kier molecular flexibility index (Phi) is 4.34. The molecule has 4 N–H and O–H groups in total. The predicted molar refractivity (Wildman–Crippen MR) is 63.2 cm³/mol. The van der Waals surface area contributed by atoms with Gasteiger partial charge in [0, 0.05) is 12.5 Å². The van der Waals surface area contributed by atoms with E-state index in [1.807, 2.05) is 0 Å². The molecule has 0 aliphatic heterocycles. The van der Waals surface area contributed by atoms with Gasteiger partial charge >= 0.3 is 5.97 Å². The Hall–Kier alpha value is -1.75. The lowest BCUT2D eigenvalue weighted by Gasteiger charge is -2.14. The van der Waals surface area contributed by atoms with Crippen LogP contribution in [0.1, 0.15) is 30.0 Å². The summed E-state index contributed by atoms with van der Waals surface area (Å²) in [5.74, 6) is -0.435. The third kappa shape index (κ3) is 3.35. The fourth-order valence-corrected chi connectivity index (χ4v) is 1.59. The number of hydrogen-bond acceptors (Lipinski definition) is 4. The van der Waals surface area contributed by atoms with Crippen molar-refractivity contribution in [3.05, 3.63) is 23.3 Å². The minimum atomic E-state index is -0.872. The second kappa shape index (κ2) is 5.54. The topological polar surface area (TPSA) is 92.8 Å². The van der Waals surface area contributed by atoms with Crippen LogP contribution in [0.5, 0.6) is 11.5 Å². The van der Waals surface area contributed by atoms with Crippen molar-refractivity contribution in [1.29, 1.82) is 0 Å². The number of aromatic hydroxyl groups is 1. The first-order valence-corrected chi connectivity index (χ1v) is 5.30. The highest BCUT2D eigenvalue weighted by atomic mass is 16.5. The summed E-state index contributed by atoms with van der Waals surface area (Å²) >= 11 is 0. The van der Waals surface area contributed by atoms with E-state index < -0.39 is 5.97 Å². The molecule has 0 aromatic heterocycles. The van der Waals surface area contributed by atoms with E-state index in [2.05, 4.69) is 0 Å². The average Bonchev–Trinajstić information content (AvgIpc) is 2.29. The van der Waals surface area contributed by atoms with Gasteiger partial charge < -0.3 is 20.7 Å². The Morgan fingerprint density at radius 1 is 1.53 bits per heavy atom. The van der Waals surface area contributed by atoms with Crippen LogP contribution < -0.4 is 10.5 Å². The summed E-state index contributed by atoms with van der Waals surface area (Å²) in [6.45, 7) is 1.74. The highest BCUT2D eigenvalue weighted by Crippen LogP contribution is 2.33. The first kappa shape index (κ1) is 13.3. The molecule has 0 heterocycles. The maximum atomic E-state index is 10.5.